The summed E-state index contributed by atoms with van der Waals surface area (Å²) >= 11 is 5.22. The van der Waals surface area contributed by atoms with E-state index in [0.29, 0.717) is 37.1 Å². The van der Waals surface area contributed by atoms with Crippen molar-refractivity contribution in [3.63, 3.8) is 0 Å². The Balaban J connectivity index is 2.16. The van der Waals surface area contributed by atoms with Gasteiger partial charge in [-0.2, -0.15) is 0 Å². The van der Waals surface area contributed by atoms with Crippen LogP contribution in [0.3, 0.4) is 0 Å². The summed E-state index contributed by atoms with van der Waals surface area (Å²) in [5, 5.41) is 42.2. The number of anilines is 3. The summed E-state index contributed by atoms with van der Waals surface area (Å²) in [6.07, 6.45) is 0. The van der Waals surface area contributed by atoms with Gasteiger partial charge in [-0.25, -0.2) is 0 Å². The lowest BCUT2D eigenvalue weighted by atomic mass is 10.2. The van der Waals surface area contributed by atoms with Crippen LogP contribution in [0.15, 0.2) is 18.2 Å². The van der Waals surface area contributed by atoms with Gasteiger partial charge in [0, 0.05) is 24.5 Å². The molecule has 1 aromatic rings. The second-order valence-electron chi connectivity index (χ2n) is 4.31. The Kier molecular flexibility index (Phi) is 5.12. The van der Waals surface area contributed by atoms with E-state index in [1.165, 1.54) is 12.1 Å². The van der Waals surface area contributed by atoms with E-state index in [0.717, 1.165) is 6.07 Å². The lowest BCUT2D eigenvalue weighted by Crippen LogP contribution is -2.42. The summed E-state index contributed by atoms with van der Waals surface area (Å²) in [6.45, 7) is 2.37. The molecule has 116 valence electrons. The maximum Gasteiger partial charge on any atom is 0.173 e. The molecule has 0 amide bonds. The molecule has 1 saturated heterocycles. The van der Waals surface area contributed by atoms with Crippen LogP contribution in [0.5, 0.6) is 0 Å². The van der Waals surface area contributed by atoms with E-state index in [1.807, 2.05) is 4.90 Å². The monoisotopic (exact) mass is 314 g/mol. The minimum absolute atomic E-state index is 0.142. The number of benzene rings is 1. The molecule has 0 unspecified atom stereocenters. The number of hydrogen-bond acceptors (Lipinski definition) is 8. The van der Waals surface area contributed by atoms with E-state index >= 15 is 0 Å². The number of rotatable bonds is 3. The molecule has 0 saturated carbocycles. The standard InChI is InChI=1S/C11H14N4O5S/c16-14(17)9-5-8(6-10(7-9)15(18)19)12-11(21)13-1-3-20-4-2-13/h5-7,16-17H,1-4H2,(H,12,21)/q-2. The Morgan fingerprint density at radius 1 is 1.19 bits per heavy atom. The molecule has 0 atom stereocenters. The molecule has 21 heavy (non-hydrogen) atoms. The highest BCUT2D eigenvalue weighted by molar-refractivity contribution is 7.80. The number of ether oxygens (including phenoxy) is 1. The summed E-state index contributed by atoms with van der Waals surface area (Å²) in [4.78, 5) is 1.87. The van der Waals surface area contributed by atoms with Crippen molar-refractivity contribution in [3.05, 3.63) is 28.6 Å². The Hall–Kier alpha value is -1.69. The molecular weight excluding hydrogens is 300 g/mol. The maximum atomic E-state index is 10.9. The third kappa shape index (κ3) is 4.14. The van der Waals surface area contributed by atoms with Gasteiger partial charge >= 0.3 is 0 Å². The lowest BCUT2D eigenvalue weighted by Gasteiger charge is -2.38. The summed E-state index contributed by atoms with van der Waals surface area (Å²) in [6, 6.07) is 3.63. The van der Waals surface area contributed by atoms with Gasteiger partial charge in [-0.15, -0.1) is 5.23 Å². The van der Waals surface area contributed by atoms with Crippen molar-refractivity contribution in [1.82, 2.24) is 4.90 Å². The Morgan fingerprint density at radius 2 is 1.81 bits per heavy atom. The van der Waals surface area contributed by atoms with Crippen LogP contribution in [0.25, 0.3) is 0 Å². The highest BCUT2D eigenvalue weighted by Crippen LogP contribution is 2.26. The molecule has 0 aliphatic carbocycles. The van der Waals surface area contributed by atoms with Crippen LogP contribution >= 0.6 is 12.2 Å². The first-order chi connectivity index (χ1) is 9.97. The Bertz CT molecular complexity index is 481. The molecule has 1 heterocycles. The van der Waals surface area contributed by atoms with Crippen LogP contribution in [0.1, 0.15) is 0 Å². The van der Waals surface area contributed by atoms with E-state index in [4.69, 9.17) is 27.4 Å². The van der Waals surface area contributed by atoms with Gasteiger partial charge in [0.1, 0.15) is 0 Å². The van der Waals surface area contributed by atoms with Crippen LogP contribution < -0.4 is 15.8 Å². The summed E-state index contributed by atoms with van der Waals surface area (Å²) in [5.74, 6) is 0. The van der Waals surface area contributed by atoms with E-state index < -0.39 is 5.23 Å². The quantitative estimate of drug-likeness (QED) is 0.553. The van der Waals surface area contributed by atoms with Crippen LogP contribution in [0.4, 0.5) is 17.1 Å². The summed E-state index contributed by atoms with van der Waals surface area (Å²) in [7, 11) is 0. The lowest BCUT2D eigenvalue weighted by molar-refractivity contribution is 0.0292. The number of nitrogens with one attached hydrogen (secondary N) is 1. The second-order valence-corrected chi connectivity index (χ2v) is 4.70. The number of nitrogens with zero attached hydrogens (tertiary/aromatic N) is 3. The van der Waals surface area contributed by atoms with Gasteiger partial charge in [-0.05, 0) is 30.4 Å². The summed E-state index contributed by atoms with van der Waals surface area (Å²) < 4.78 is 5.21. The van der Waals surface area contributed by atoms with Gasteiger partial charge in [0.15, 0.2) is 5.11 Å². The highest BCUT2D eigenvalue weighted by atomic mass is 32.1. The molecule has 0 spiro atoms. The first-order valence-corrected chi connectivity index (χ1v) is 6.49. The van der Waals surface area contributed by atoms with Gasteiger partial charge in [-0.3, -0.25) is 10.4 Å². The smallest absolute Gasteiger partial charge is 0.173 e. The van der Waals surface area contributed by atoms with Gasteiger partial charge < -0.3 is 30.6 Å². The number of hydrogen-bond donors (Lipinski definition) is 3. The molecule has 0 aromatic heterocycles. The van der Waals surface area contributed by atoms with Crippen LogP contribution in [0, 0.1) is 10.4 Å². The van der Waals surface area contributed by atoms with Crippen LogP contribution in [0.2, 0.25) is 0 Å². The van der Waals surface area contributed by atoms with Crippen LogP contribution in [-0.2, 0) is 4.74 Å². The molecule has 10 heteroatoms. The summed E-state index contributed by atoms with van der Waals surface area (Å²) in [5.41, 5.74) is -0.131. The van der Waals surface area contributed by atoms with E-state index in [-0.39, 0.29) is 16.6 Å². The van der Waals surface area contributed by atoms with Crippen molar-refractivity contribution >= 4 is 34.4 Å². The normalized spacial score (nSPS) is 14.8. The van der Waals surface area contributed by atoms with Gasteiger partial charge in [-0.1, -0.05) is 0 Å². The minimum Gasteiger partial charge on any atom is -0.769 e. The molecule has 0 radical (unpaired) electrons. The fourth-order valence-corrected chi connectivity index (χ4v) is 2.16. The fraction of sp³-hybridized carbons (Fsp3) is 0.364. The third-order valence-corrected chi connectivity index (χ3v) is 3.25. The second kappa shape index (κ2) is 6.85. The predicted octanol–water partition coefficient (Wildman–Crippen LogP) is 1.10. The Morgan fingerprint density at radius 3 is 2.38 bits per heavy atom. The fourth-order valence-electron chi connectivity index (χ4n) is 1.86. The topological polar surface area (TPSA) is 118 Å². The highest BCUT2D eigenvalue weighted by Gasteiger charge is 2.14. The zero-order valence-electron chi connectivity index (χ0n) is 10.9. The third-order valence-electron chi connectivity index (χ3n) is 2.89. The van der Waals surface area contributed by atoms with Crippen molar-refractivity contribution < 1.29 is 15.2 Å². The van der Waals surface area contributed by atoms with Crippen molar-refractivity contribution in [2.75, 3.05) is 42.1 Å². The van der Waals surface area contributed by atoms with Crippen molar-refractivity contribution in [1.29, 1.82) is 0 Å². The van der Waals surface area contributed by atoms with E-state index in [2.05, 4.69) is 5.32 Å². The SMILES string of the molecule is [O-]N([O-])c1cc(NC(=S)N2CCOCC2)cc(N(O)O)c1. The van der Waals surface area contributed by atoms with Crippen LogP contribution in [-0.4, -0.2) is 46.7 Å². The van der Waals surface area contributed by atoms with Crippen molar-refractivity contribution in [2.24, 2.45) is 0 Å². The van der Waals surface area contributed by atoms with Gasteiger partial charge in [0.05, 0.1) is 18.9 Å². The van der Waals surface area contributed by atoms with E-state index in [1.54, 1.807) is 0 Å². The zero-order chi connectivity index (χ0) is 15.4. The molecule has 1 fully saturated rings. The molecule has 0 bridgehead atoms. The molecule has 9 nitrogen and oxygen atoms in total. The predicted molar refractivity (Wildman–Crippen MR) is 80.3 cm³/mol. The molecule has 1 aliphatic heterocycles. The average molecular weight is 314 g/mol. The average Bonchev–Trinajstić information content (AvgIpc) is 2.47. The first kappa shape index (κ1) is 15.7. The largest absolute Gasteiger partial charge is 0.769 e. The van der Waals surface area contributed by atoms with E-state index in [9.17, 15) is 10.4 Å². The minimum atomic E-state index is -0.629. The maximum absolute atomic E-state index is 10.9. The molecule has 3 N–H and O–H groups in total. The first-order valence-electron chi connectivity index (χ1n) is 6.08. The molecule has 1 aromatic carbocycles. The Labute approximate surface area is 126 Å². The number of thiocarbonyl (C=S) groups is 1. The molecule has 2 rings (SSSR count). The molecule has 1 aliphatic rings. The zero-order valence-corrected chi connectivity index (χ0v) is 11.7. The van der Waals surface area contributed by atoms with Gasteiger partial charge in [0.2, 0.25) is 0 Å². The van der Waals surface area contributed by atoms with Crippen molar-refractivity contribution in [2.45, 2.75) is 0 Å². The van der Waals surface area contributed by atoms with Gasteiger partial charge in [0.25, 0.3) is 0 Å². The molecular formula is C11H14N4O5S-2. The number of morpholine rings is 1. The van der Waals surface area contributed by atoms with Crippen molar-refractivity contribution in [3.8, 4) is 0 Å².